The summed E-state index contributed by atoms with van der Waals surface area (Å²) in [7, 11) is 0. The Morgan fingerprint density at radius 3 is 2.46 bits per heavy atom. The maximum atomic E-state index is 15.4. The van der Waals surface area contributed by atoms with Crippen LogP contribution in [0.2, 0.25) is 5.02 Å². The number of carboxylic acids is 1. The van der Waals surface area contributed by atoms with Gasteiger partial charge in [-0.1, -0.05) is 66.2 Å². The molecule has 2 aromatic rings. The number of carboxylic acid groups (broad SMARTS) is 1. The number of ether oxygens (including phenoxy) is 1. The monoisotopic (exact) mass is 529 g/mol. The van der Waals surface area contributed by atoms with E-state index in [9.17, 15) is 19.8 Å². The number of hydrogen-bond acceptors (Lipinski definition) is 4. The maximum absolute atomic E-state index is 15.4. The number of carbonyl (C=O) groups is 2. The van der Waals surface area contributed by atoms with Crippen molar-refractivity contribution in [1.82, 2.24) is 4.90 Å². The fraction of sp³-hybridized carbons (Fsp3) is 0.379. The number of aliphatic hydroxyl groups is 1. The SMILES string of the molecule is CC(C)(C)OC(=O)N(CCCC1(C(=O)O)C=CC(c2ccccc2)=CC1F)C[C@H](O)c1cccc(Cl)c1. The molecule has 0 fully saturated rings. The maximum Gasteiger partial charge on any atom is 0.410 e. The van der Waals surface area contributed by atoms with Crippen molar-refractivity contribution in [3.63, 3.8) is 0 Å². The second-order valence-corrected chi connectivity index (χ2v) is 10.6. The summed E-state index contributed by atoms with van der Waals surface area (Å²) in [4.78, 5) is 26.5. The Hall–Kier alpha value is -3.16. The first-order valence-corrected chi connectivity index (χ1v) is 12.5. The van der Waals surface area contributed by atoms with Gasteiger partial charge in [0.25, 0.3) is 0 Å². The molecule has 3 rings (SSSR count). The summed E-state index contributed by atoms with van der Waals surface area (Å²) in [6.45, 7) is 5.16. The van der Waals surface area contributed by atoms with Gasteiger partial charge in [0.2, 0.25) is 0 Å². The molecule has 2 N–H and O–H groups in total. The summed E-state index contributed by atoms with van der Waals surface area (Å²) in [5.41, 5.74) is -0.589. The van der Waals surface area contributed by atoms with Crippen LogP contribution in [-0.4, -0.2) is 52.0 Å². The first-order chi connectivity index (χ1) is 17.4. The third-order valence-corrected chi connectivity index (χ3v) is 6.42. The predicted molar refractivity (Wildman–Crippen MR) is 142 cm³/mol. The van der Waals surface area contributed by atoms with Gasteiger partial charge in [0.1, 0.15) is 17.2 Å². The van der Waals surface area contributed by atoms with Crippen molar-refractivity contribution in [2.75, 3.05) is 13.1 Å². The van der Waals surface area contributed by atoms with Crippen LogP contribution in [-0.2, 0) is 9.53 Å². The lowest BCUT2D eigenvalue weighted by Crippen LogP contribution is -2.42. The number of hydrogen-bond donors (Lipinski definition) is 2. The fourth-order valence-electron chi connectivity index (χ4n) is 4.21. The lowest BCUT2D eigenvalue weighted by atomic mass is 9.74. The molecule has 0 aliphatic heterocycles. The van der Waals surface area contributed by atoms with Crippen molar-refractivity contribution >= 4 is 29.2 Å². The van der Waals surface area contributed by atoms with Gasteiger partial charge in [-0.15, -0.1) is 0 Å². The van der Waals surface area contributed by atoms with Crippen molar-refractivity contribution in [2.45, 2.75) is 51.5 Å². The molecule has 8 heteroatoms. The highest BCUT2D eigenvalue weighted by Crippen LogP contribution is 2.39. The third kappa shape index (κ3) is 7.43. The molecule has 1 amide bonds. The molecule has 1 aliphatic carbocycles. The van der Waals surface area contributed by atoms with E-state index in [0.717, 1.165) is 5.56 Å². The molecule has 0 radical (unpaired) electrons. The van der Waals surface area contributed by atoms with Crippen LogP contribution in [0.15, 0.2) is 72.8 Å². The Morgan fingerprint density at radius 2 is 1.86 bits per heavy atom. The van der Waals surface area contributed by atoms with Crippen LogP contribution < -0.4 is 0 Å². The van der Waals surface area contributed by atoms with Gasteiger partial charge in [-0.05, 0) is 68.5 Å². The number of nitrogens with zero attached hydrogens (tertiary/aromatic N) is 1. The van der Waals surface area contributed by atoms with E-state index in [1.165, 1.54) is 17.1 Å². The van der Waals surface area contributed by atoms with Crippen molar-refractivity contribution in [2.24, 2.45) is 5.41 Å². The number of rotatable bonds is 9. The molecule has 0 bridgehead atoms. The van der Waals surface area contributed by atoms with E-state index in [2.05, 4.69) is 0 Å². The van der Waals surface area contributed by atoms with Crippen LogP contribution >= 0.6 is 11.6 Å². The van der Waals surface area contributed by atoms with Gasteiger partial charge < -0.3 is 19.8 Å². The Bertz CT molecular complexity index is 1160. The van der Waals surface area contributed by atoms with Gasteiger partial charge in [-0.25, -0.2) is 9.18 Å². The molecule has 198 valence electrons. The lowest BCUT2D eigenvalue weighted by molar-refractivity contribution is -0.149. The minimum atomic E-state index is -1.76. The summed E-state index contributed by atoms with van der Waals surface area (Å²) in [5, 5.41) is 21.2. The molecule has 0 saturated carbocycles. The Kier molecular flexibility index (Phi) is 9.16. The standard InChI is InChI=1S/C29H33ClFNO5/c1-28(2,3)37-27(36)32(19-24(33)22-11-7-12-23(30)17-22)16-8-14-29(26(34)35)15-13-21(18-25(29)31)20-9-5-4-6-10-20/h4-7,9-13,15,17-18,24-25,33H,8,14,16,19H2,1-3H3,(H,34,35)/t24-,25?,29?/m0/s1. The predicted octanol–water partition coefficient (Wildman–Crippen LogP) is 6.45. The smallest absolute Gasteiger partial charge is 0.410 e. The van der Waals surface area contributed by atoms with Crippen LogP contribution in [0.4, 0.5) is 9.18 Å². The number of aliphatic hydroxyl groups excluding tert-OH is 1. The molecule has 2 aromatic carbocycles. The molecular weight excluding hydrogens is 497 g/mol. The van der Waals surface area contributed by atoms with Crippen LogP contribution in [0.5, 0.6) is 0 Å². The summed E-state index contributed by atoms with van der Waals surface area (Å²) in [6, 6.07) is 15.9. The normalized spacial score (nSPS) is 20.2. The molecule has 0 saturated heterocycles. The molecule has 2 unspecified atom stereocenters. The van der Waals surface area contributed by atoms with Gasteiger partial charge in [-0.2, -0.15) is 0 Å². The van der Waals surface area contributed by atoms with Crippen molar-refractivity contribution < 1.29 is 28.9 Å². The third-order valence-electron chi connectivity index (χ3n) is 6.18. The average Bonchev–Trinajstić information content (AvgIpc) is 2.83. The van der Waals surface area contributed by atoms with Gasteiger partial charge in [0, 0.05) is 11.6 Å². The van der Waals surface area contributed by atoms with E-state index in [0.29, 0.717) is 16.2 Å². The number of allylic oxidation sites excluding steroid dienone is 3. The molecule has 3 atom stereocenters. The van der Waals surface area contributed by atoms with E-state index >= 15 is 4.39 Å². The molecule has 0 heterocycles. The van der Waals surface area contributed by atoms with Gasteiger partial charge in [-0.3, -0.25) is 4.79 Å². The number of alkyl halides is 1. The average molecular weight is 530 g/mol. The van der Waals surface area contributed by atoms with Crippen LogP contribution in [0, 0.1) is 5.41 Å². The first-order valence-electron chi connectivity index (χ1n) is 12.2. The number of aliphatic carboxylic acids is 1. The Balaban J connectivity index is 1.74. The zero-order valence-electron chi connectivity index (χ0n) is 21.2. The highest BCUT2D eigenvalue weighted by atomic mass is 35.5. The second-order valence-electron chi connectivity index (χ2n) is 10.2. The fourth-order valence-corrected chi connectivity index (χ4v) is 4.41. The van der Waals surface area contributed by atoms with E-state index in [-0.39, 0.29) is 25.9 Å². The zero-order chi connectivity index (χ0) is 27.2. The van der Waals surface area contributed by atoms with Gasteiger partial charge in [0.05, 0.1) is 12.6 Å². The Morgan fingerprint density at radius 1 is 1.16 bits per heavy atom. The zero-order valence-corrected chi connectivity index (χ0v) is 22.0. The number of benzene rings is 2. The minimum absolute atomic E-state index is 0.0505. The summed E-state index contributed by atoms with van der Waals surface area (Å²) in [5.74, 6) is -1.28. The van der Waals surface area contributed by atoms with Crippen LogP contribution in [0.3, 0.4) is 0 Å². The van der Waals surface area contributed by atoms with Crippen molar-refractivity contribution in [3.05, 3.63) is 89.0 Å². The minimum Gasteiger partial charge on any atom is -0.481 e. The highest BCUT2D eigenvalue weighted by molar-refractivity contribution is 6.30. The lowest BCUT2D eigenvalue weighted by Gasteiger charge is -2.33. The molecule has 37 heavy (non-hydrogen) atoms. The van der Waals surface area contributed by atoms with E-state index in [1.54, 1.807) is 51.1 Å². The highest BCUT2D eigenvalue weighted by Gasteiger charge is 2.45. The molecule has 6 nitrogen and oxygen atoms in total. The number of carbonyl (C=O) groups excluding carboxylic acids is 1. The summed E-state index contributed by atoms with van der Waals surface area (Å²) >= 11 is 6.03. The van der Waals surface area contributed by atoms with Gasteiger partial charge >= 0.3 is 12.1 Å². The van der Waals surface area contributed by atoms with E-state index in [4.69, 9.17) is 16.3 Å². The van der Waals surface area contributed by atoms with Crippen molar-refractivity contribution in [1.29, 1.82) is 0 Å². The Labute approximate surface area is 222 Å². The van der Waals surface area contributed by atoms with E-state index < -0.39 is 35.4 Å². The topological polar surface area (TPSA) is 87.1 Å². The molecule has 0 aromatic heterocycles. The van der Waals surface area contributed by atoms with Crippen LogP contribution in [0.1, 0.15) is 50.8 Å². The summed E-state index contributed by atoms with van der Waals surface area (Å²) in [6.07, 6.45) is 1.04. The number of amides is 1. The molecular formula is C29H33ClFNO5. The number of halogens is 2. The van der Waals surface area contributed by atoms with E-state index in [1.807, 2.05) is 30.3 Å². The second kappa shape index (κ2) is 11.9. The summed E-state index contributed by atoms with van der Waals surface area (Å²) < 4.78 is 20.9. The first kappa shape index (κ1) is 28.4. The largest absolute Gasteiger partial charge is 0.481 e. The van der Waals surface area contributed by atoms with Crippen molar-refractivity contribution in [3.8, 4) is 0 Å². The molecule has 1 aliphatic rings. The van der Waals surface area contributed by atoms with Crippen LogP contribution in [0.25, 0.3) is 5.57 Å². The molecule has 0 spiro atoms. The van der Waals surface area contributed by atoms with Gasteiger partial charge in [0.15, 0.2) is 0 Å². The quantitative estimate of drug-likeness (QED) is 0.389.